The molecule has 108 valence electrons. The number of hydrogen-bond acceptors (Lipinski definition) is 1. The molecule has 1 heteroatoms. The summed E-state index contributed by atoms with van der Waals surface area (Å²) in [6.45, 7) is 12.6. The fraction of sp³-hybridized carbons (Fsp3) is 0.368. The van der Waals surface area contributed by atoms with Crippen molar-refractivity contribution in [2.45, 2.75) is 56.7 Å². The zero-order valence-electron chi connectivity index (χ0n) is 13.5. The van der Waals surface area contributed by atoms with Crippen LogP contribution in [0, 0.1) is 0 Å². The molecule has 2 aromatic rings. The average Bonchev–Trinajstić information content (AvgIpc) is 2.52. The van der Waals surface area contributed by atoms with Crippen molar-refractivity contribution in [1.29, 1.82) is 0 Å². The third kappa shape index (κ3) is 3.09. The molecule has 0 saturated heterocycles. The van der Waals surface area contributed by atoms with E-state index in [-0.39, 0.29) is 5.41 Å². The minimum absolute atomic E-state index is 0.123. The molecule has 0 fully saturated rings. The first kappa shape index (κ1) is 16.8. The van der Waals surface area contributed by atoms with Gasteiger partial charge in [0.05, 0.1) is 0 Å². The fourth-order valence-electron chi connectivity index (χ4n) is 2.41. The van der Waals surface area contributed by atoms with Crippen molar-refractivity contribution in [1.82, 2.24) is 0 Å². The van der Waals surface area contributed by atoms with Crippen molar-refractivity contribution in [3.05, 3.63) is 59.7 Å². The highest BCUT2D eigenvalue weighted by atomic mass is 32.2. The molecule has 0 nitrogen and oxygen atoms in total. The van der Waals surface area contributed by atoms with E-state index in [0.29, 0.717) is 0 Å². The van der Waals surface area contributed by atoms with Crippen molar-refractivity contribution in [3.63, 3.8) is 0 Å². The van der Waals surface area contributed by atoms with E-state index in [1.165, 1.54) is 20.9 Å². The highest BCUT2D eigenvalue weighted by Crippen LogP contribution is 2.48. The molecule has 3 rings (SSSR count). The van der Waals surface area contributed by atoms with Crippen LogP contribution in [0.1, 0.15) is 52.7 Å². The highest BCUT2D eigenvalue weighted by Gasteiger charge is 2.32. The lowest BCUT2D eigenvalue weighted by molar-refractivity contribution is 0.607. The summed E-state index contributed by atoms with van der Waals surface area (Å²) in [6, 6.07) is 17.4. The van der Waals surface area contributed by atoms with Crippen LogP contribution in [-0.4, -0.2) is 0 Å². The van der Waals surface area contributed by atoms with Gasteiger partial charge in [-0.05, 0) is 23.3 Å². The van der Waals surface area contributed by atoms with Crippen molar-refractivity contribution < 1.29 is 0 Å². The zero-order valence-corrected chi connectivity index (χ0v) is 14.3. The molecule has 0 amide bonds. The van der Waals surface area contributed by atoms with Crippen LogP contribution >= 0.6 is 11.8 Å². The number of fused-ring (bicyclic) bond motifs is 2. The molecule has 1 heterocycles. The Morgan fingerprint density at radius 2 is 1.00 bits per heavy atom. The number of rotatable bonds is 0. The third-order valence-electron chi connectivity index (χ3n) is 3.34. The molecule has 0 aliphatic carbocycles. The number of benzene rings is 2. The lowest BCUT2D eigenvalue weighted by Crippen LogP contribution is -2.23. The molecule has 0 aromatic heterocycles. The summed E-state index contributed by atoms with van der Waals surface area (Å²) in [5.41, 5.74) is 3.01. The zero-order chi connectivity index (χ0) is 15.2. The van der Waals surface area contributed by atoms with Gasteiger partial charge in [0.1, 0.15) is 0 Å². The maximum absolute atomic E-state index is 2.31. The molecule has 0 unspecified atom stereocenters. The Morgan fingerprint density at radius 1 is 0.650 bits per heavy atom. The molecule has 2 aromatic carbocycles. The first-order valence-electron chi connectivity index (χ1n) is 7.56. The van der Waals surface area contributed by atoms with Gasteiger partial charge in [0.15, 0.2) is 0 Å². The monoisotopic (exact) mass is 286 g/mol. The largest absolute Gasteiger partial charge is 0.0895 e. The predicted octanol–water partition coefficient (Wildman–Crippen LogP) is 6.53. The van der Waals surface area contributed by atoms with Gasteiger partial charge in [-0.1, -0.05) is 89.7 Å². The lowest BCUT2D eigenvalue weighted by atomic mass is 9.78. The smallest absolute Gasteiger partial charge is 0.0168 e. The first-order chi connectivity index (χ1) is 9.69. The normalized spacial score (nSPS) is 13.7. The molecular formula is C19H26S. The summed E-state index contributed by atoms with van der Waals surface area (Å²) in [4.78, 5) is 2.79. The van der Waals surface area contributed by atoms with E-state index in [1.807, 2.05) is 39.5 Å². The van der Waals surface area contributed by atoms with Crippen LogP contribution in [0.4, 0.5) is 0 Å². The van der Waals surface area contributed by atoms with E-state index in [4.69, 9.17) is 0 Å². The van der Waals surface area contributed by atoms with Crippen molar-refractivity contribution in [2.24, 2.45) is 0 Å². The Morgan fingerprint density at radius 3 is 1.40 bits per heavy atom. The molecule has 1 aliphatic heterocycles. The summed E-state index contributed by atoms with van der Waals surface area (Å²) in [5.74, 6) is 0. The summed E-state index contributed by atoms with van der Waals surface area (Å²) >= 11 is 1.88. The molecule has 0 saturated carbocycles. The van der Waals surface area contributed by atoms with Gasteiger partial charge in [-0.2, -0.15) is 0 Å². The summed E-state index contributed by atoms with van der Waals surface area (Å²) in [5, 5.41) is 0. The van der Waals surface area contributed by atoms with Gasteiger partial charge in [0, 0.05) is 15.2 Å². The Labute approximate surface area is 128 Å². The van der Waals surface area contributed by atoms with E-state index in [0.717, 1.165) is 0 Å². The first-order valence-corrected chi connectivity index (χ1v) is 8.38. The molecule has 0 N–H and O–H groups in total. The van der Waals surface area contributed by atoms with Gasteiger partial charge in [0.25, 0.3) is 0 Å². The van der Waals surface area contributed by atoms with Crippen molar-refractivity contribution in [2.75, 3.05) is 0 Å². The van der Waals surface area contributed by atoms with Gasteiger partial charge in [-0.25, -0.2) is 0 Å². The van der Waals surface area contributed by atoms with Gasteiger partial charge in [0.2, 0.25) is 0 Å². The maximum Gasteiger partial charge on any atom is 0.0168 e. The van der Waals surface area contributed by atoms with E-state index >= 15 is 0 Å². The lowest BCUT2D eigenvalue weighted by Gasteiger charge is -2.34. The second-order valence-electron chi connectivity index (χ2n) is 4.72. The minimum Gasteiger partial charge on any atom is -0.0895 e. The van der Waals surface area contributed by atoms with E-state index in [1.54, 1.807) is 0 Å². The highest BCUT2D eigenvalue weighted by molar-refractivity contribution is 7.99. The van der Waals surface area contributed by atoms with E-state index in [9.17, 15) is 0 Å². The molecular weight excluding hydrogens is 260 g/mol. The van der Waals surface area contributed by atoms with Crippen LogP contribution in [0.25, 0.3) is 0 Å². The van der Waals surface area contributed by atoms with Crippen LogP contribution in [0.15, 0.2) is 58.3 Å². The third-order valence-corrected chi connectivity index (χ3v) is 4.49. The molecule has 0 bridgehead atoms. The van der Waals surface area contributed by atoms with E-state index in [2.05, 4.69) is 62.4 Å². The topological polar surface area (TPSA) is 0 Å². The van der Waals surface area contributed by atoms with Gasteiger partial charge in [-0.15, -0.1) is 0 Å². The van der Waals surface area contributed by atoms with Gasteiger partial charge in [-0.3, -0.25) is 0 Å². The quantitative estimate of drug-likeness (QED) is 0.530. The fourth-order valence-corrected chi connectivity index (χ4v) is 3.80. The molecule has 0 spiro atoms. The van der Waals surface area contributed by atoms with Gasteiger partial charge < -0.3 is 0 Å². The van der Waals surface area contributed by atoms with Crippen molar-refractivity contribution in [3.8, 4) is 0 Å². The molecule has 0 radical (unpaired) electrons. The van der Waals surface area contributed by atoms with Crippen LogP contribution in [0.2, 0.25) is 0 Å². The van der Waals surface area contributed by atoms with Crippen LogP contribution in [0.5, 0.6) is 0 Å². The molecule has 0 atom stereocenters. The van der Waals surface area contributed by atoms with Crippen molar-refractivity contribution >= 4 is 11.8 Å². The Kier molecular flexibility index (Phi) is 6.35. The van der Waals surface area contributed by atoms with Crippen LogP contribution < -0.4 is 0 Å². The standard InChI is InChI=1S/C15H14S.2C2H6/c1-15(2)11-7-3-5-9-13(11)16-14-10-6-4-8-12(14)15;2*1-2/h3-10H,1-2H3;2*1-2H3. The Bertz CT molecular complexity index is 493. The predicted molar refractivity (Wildman–Crippen MR) is 91.8 cm³/mol. The van der Waals surface area contributed by atoms with E-state index < -0.39 is 0 Å². The second-order valence-corrected chi connectivity index (χ2v) is 5.80. The Hall–Kier alpha value is -1.21. The average molecular weight is 286 g/mol. The maximum atomic E-state index is 2.31. The molecule has 1 aliphatic rings. The van der Waals surface area contributed by atoms with Crippen LogP contribution in [0.3, 0.4) is 0 Å². The second kappa shape index (κ2) is 7.54. The summed E-state index contributed by atoms with van der Waals surface area (Å²) in [7, 11) is 0. The summed E-state index contributed by atoms with van der Waals surface area (Å²) in [6.07, 6.45) is 0. The minimum atomic E-state index is 0.123. The molecule has 20 heavy (non-hydrogen) atoms. The van der Waals surface area contributed by atoms with Crippen LogP contribution in [-0.2, 0) is 5.41 Å². The SMILES string of the molecule is CC.CC.CC1(C)c2ccccc2Sc2ccccc21. The summed E-state index contributed by atoms with van der Waals surface area (Å²) < 4.78 is 0. The van der Waals surface area contributed by atoms with Gasteiger partial charge >= 0.3 is 0 Å². The number of hydrogen-bond donors (Lipinski definition) is 0. The Balaban J connectivity index is 0.000000461.